The van der Waals surface area contributed by atoms with E-state index < -0.39 is 0 Å². The highest BCUT2D eigenvalue weighted by molar-refractivity contribution is 7.99. The molecule has 3 aromatic rings. The standard InChI is InChI=1S/C19H19N3O3S/c1-3-24-16-10-6-14(7-11-16)18-21-22-19(25-18)26-12-17(23)20-15-8-4-13(2)5-9-15/h4-11H,3,12H2,1-2H3,(H,20,23). The van der Waals surface area contributed by atoms with Crippen LogP contribution in [-0.4, -0.2) is 28.5 Å². The van der Waals surface area contributed by atoms with Gasteiger partial charge in [-0.05, 0) is 50.2 Å². The third kappa shape index (κ3) is 4.86. The first-order chi connectivity index (χ1) is 12.6. The van der Waals surface area contributed by atoms with Gasteiger partial charge in [0.05, 0.1) is 12.4 Å². The summed E-state index contributed by atoms with van der Waals surface area (Å²) in [7, 11) is 0. The molecule has 1 amide bonds. The third-order valence-corrected chi connectivity index (χ3v) is 4.30. The molecule has 0 spiro atoms. The molecule has 0 atom stereocenters. The van der Waals surface area contributed by atoms with Crippen LogP contribution in [0.5, 0.6) is 5.75 Å². The second-order valence-corrected chi connectivity index (χ2v) is 6.46. The van der Waals surface area contributed by atoms with Crippen LogP contribution >= 0.6 is 11.8 Å². The number of benzene rings is 2. The number of aromatic nitrogens is 2. The number of carbonyl (C=O) groups excluding carboxylic acids is 1. The Morgan fingerprint density at radius 1 is 1.12 bits per heavy atom. The quantitative estimate of drug-likeness (QED) is 0.630. The lowest BCUT2D eigenvalue weighted by molar-refractivity contribution is -0.113. The average molecular weight is 369 g/mol. The topological polar surface area (TPSA) is 77.2 Å². The van der Waals surface area contributed by atoms with Crippen molar-refractivity contribution >= 4 is 23.4 Å². The second kappa shape index (κ2) is 8.53. The van der Waals surface area contributed by atoms with Crippen molar-refractivity contribution in [2.24, 2.45) is 0 Å². The van der Waals surface area contributed by atoms with Gasteiger partial charge in [-0.2, -0.15) is 0 Å². The minimum atomic E-state index is -0.125. The maximum absolute atomic E-state index is 12.0. The molecule has 0 aliphatic heterocycles. The van der Waals surface area contributed by atoms with E-state index in [-0.39, 0.29) is 11.7 Å². The Bertz CT molecular complexity index is 860. The summed E-state index contributed by atoms with van der Waals surface area (Å²) in [5, 5.41) is 11.2. The second-order valence-electron chi connectivity index (χ2n) is 5.53. The maximum Gasteiger partial charge on any atom is 0.277 e. The zero-order valence-electron chi connectivity index (χ0n) is 14.6. The molecule has 6 nitrogen and oxygen atoms in total. The molecular formula is C19H19N3O3S. The van der Waals surface area contributed by atoms with Crippen LogP contribution in [0.25, 0.3) is 11.5 Å². The maximum atomic E-state index is 12.0. The van der Waals surface area contributed by atoms with Gasteiger partial charge in [0.15, 0.2) is 0 Å². The van der Waals surface area contributed by atoms with E-state index in [1.165, 1.54) is 11.8 Å². The number of nitrogens with zero attached hydrogens (tertiary/aromatic N) is 2. The fraction of sp³-hybridized carbons (Fsp3) is 0.211. The number of rotatable bonds is 7. The van der Waals surface area contributed by atoms with E-state index >= 15 is 0 Å². The van der Waals surface area contributed by atoms with E-state index in [0.29, 0.717) is 17.7 Å². The van der Waals surface area contributed by atoms with Crippen LogP contribution < -0.4 is 10.1 Å². The molecule has 0 bridgehead atoms. The van der Waals surface area contributed by atoms with Gasteiger partial charge >= 0.3 is 0 Å². The predicted octanol–water partition coefficient (Wildman–Crippen LogP) is 4.17. The van der Waals surface area contributed by atoms with Crippen molar-refractivity contribution in [3.05, 3.63) is 54.1 Å². The lowest BCUT2D eigenvalue weighted by Crippen LogP contribution is -2.13. The molecule has 2 aromatic carbocycles. The number of hydrogen-bond donors (Lipinski definition) is 1. The molecule has 0 saturated heterocycles. The highest BCUT2D eigenvalue weighted by Gasteiger charge is 2.11. The number of thioether (sulfide) groups is 1. The van der Waals surface area contributed by atoms with Crippen molar-refractivity contribution in [1.29, 1.82) is 0 Å². The summed E-state index contributed by atoms with van der Waals surface area (Å²) in [4.78, 5) is 12.0. The van der Waals surface area contributed by atoms with E-state index in [9.17, 15) is 4.79 Å². The Kier molecular flexibility index (Phi) is 5.91. The first kappa shape index (κ1) is 18.0. The normalized spacial score (nSPS) is 10.5. The van der Waals surface area contributed by atoms with Gasteiger partial charge in [0.25, 0.3) is 5.22 Å². The molecule has 134 valence electrons. The Labute approximate surface area is 156 Å². The molecule has 1 heterocycles. The molecule has 26 heavy (non-hydrogen) atoms. The van der Waals surface area contributed by atoms with E-state index in [4.69, 9.17) is 9.15 Å². The molecule has 0 saturated carbocycles. The van der Waals surface area contributed by atoms with E-state index in [1.54, 1.807) is 0 Å². The summed E-state index contributed by atoms with van der Waals surface area (Å²) < 4.78 is 11.0. The Balaban J connectivity index is 1.54. The number of hydrogen-bond acceptors (Lipinski definition) is 6. The number of aryl methyl sites for hydroxylation is 1. The Hall–Kier alpha value is -2.80. The van der Waals surface area contributed by atoms with Gasteiger partial charge in [0, 0.05) is 11.3 Å². The van der Waals surface area contributed by atoms with Crippen LogP contribution in [0.3, 0.4) is 0 Å². The first-order valence-electron chi connectivity index (χ1n) is 8.20. The van der Waals surface area contributed by atoms with Crippen LogP contribution in [0.15, 0.2) is 58.2 Å². The van der Waals surface area contributed by atoms with Gasteiger partial charge in [0.1, 0.15) is 5.75 Å². The molecule has 1 N–H and O–H groups in total. The molecular weight excluding hydrogens is 350 g/mol. The van der Waals surface area contributed by atoms with Gasteiger partial charge in [-0.3, -0.25) is 4.79 Å². The summed E-state index contributed by atoms with van der Waals surface area (Å²) in [6.45, 7) is 4.55. The Morgan fingerprint density at radius 2 is 1.85 bits per heavy atom. The summed E-state index contributed by atoms with van der Waals surface area (Å²) in [5.74, 6) is 1.27. The average Bonchev–Trinajstić information content (AvgIpc) is 3.12. The van der Waals surface area contributed by atoms with E-state index in [1.807, 2.05) is 62.4 Å². The van der Waals surface area contributed by atoms with Crippen LogP contribution in [0.4, 0.5) is 5.69 Å². The summed E-state index contributed by atoms with van der Waals surface area (Å²) in [6, 6.07) is 15.1. The van der Waals surface area contributed by atoms with Gasteiger partial charge in [0.2, 0.25) is 11.8 Å². The van der Waals surface area contributed by atoms with Gasteiger partial charge in [-0.1, -0.05) is 29.5 Å². The number of ether oxygens (including phenoxy) is 1. The van der Waals surface area contributed by atoms with Gasteiger partial charge < -0.3 is 14.5 Å². The van der Waals surface area contributed by atoms with Crippen molar-refractivity contribution < 1.29 is 13.9 Å². The Morgan fingerprint density at radius 3 is 2.54 bits per heavy atom. The molecule has 0 radical (unpaired) electrons. The van der Waals surface area contributed by atoms with Crippen LogP contribution in [0, 0.1) is 6.92 Å². The van der Waals surface area contributed by atoms with Crippen molar-refractivity contribution in [1.82, 2.24) is 10.2 Å². The number of nitrogens with one attached hydrogen (secondary N) is 1. The van der Waals surface area contributed by atoms with Crippen LogP contribution in [0.1, 0.15) is 12.5 Å². The fourth-order valence-corrected chi connectivity index (χ4v) is 2.77. The molecule has 0 aliphatic carbocycles. The molecule has 0 aliphatic rings. The smallest absolute Gasteiger partial charge is 0.277 e. The van der Waals surface area contributed by atoms with Gasteiger partial charge in [-0.15, -0.1) is 10.2 Å². The van der Waals surface area contributed by atoms with E-state index in [2.05, 4.69) is 15.5 Å². The van der Waals surface area contributed by atoms with Gasteiger partial charge in [-0.25, -0.2) is 0 Å². The summed E-state index contributed by atoms with van der Waals surface area (Å²) in [6.07, 6.45) is 0. The highest BCUT2D eigenvalue weighted by atomic mass is 32.2. The van der Waals surface area contributed by atoms with Crippen LogP contribution in [-0.2, 0) is 4.79 Å². The minimum Gasteiger partial charge on any atom is -0.494 e. The number of amides is 1. The number of anilines is 1. The summed E-state index contributed by atoms with van der Waals surface area (Å²) >= 11 is 1.20. The predicted molar refractivity (Wildman–Crippen MR) is 101 cm³/mol. The minimum absolute atomic E-state index is 0.125. The van der Waals surface area contributed by atoms with Crippen molar-refractivity contribution in [2.45, 2.75) is 19.1 Å². The summed E-state index contributed by atoms with van der Waals surface area (Å²) in [5.41, 5.74) is 2.71. The zero-order chi connectivity index (χ0) is 18.4. The van der Waals surface area contributed by atoms with Crippen molar-refractivity contribution in [3.63, 3.8) is 0 Å². The number of carbonyl (C=O) groups is 1. The molecule has 0 unspecified atom stereocenters. The van der Waals surface area contributed by atoms with Crippen LogP contribution in [0.2, 0.25) is 0 Å². The fourth-order valence-electron chi connectivity index (χ4n) is 2.21. The van der Waals surface area contributed by atoms with Crippen molar-refractivity contribution in [3.8, 4) is 17.2 Å². The largest absolute Gasteiger partial charge is 0.494 e. The highest BCUT2D eigenvalue weighted by Crippen LogP contribution is 2.25. The van der Waals surface area contributed by atoms with E-state index in [0.717, 1.165) is 22.6 Å². The zero-order valence-corrected chi connectivity index (χ0v) is 15.4. The lowest BCUT2D eigenvalue weighted by Gasteiger charge is -2.04. The molecule has 0 fully saturated rings. The first-order valence-corrected chi connectivity index (χ1v) is 9.18. The monoisotopic (exact) mass is 369 g/mol. The molecule has 3 rings (SSSR count). The van der Waals surface area contributed by atoms with Crippen molar-refractivity contribution in [2.75, 3.05) is 17.7 Å². The SMILES string of the molecule is CCOc1ccc(-c2nnc(SCC(=O)Nc3ccc(C)cc3)o2)cc1. The molecule has 1 aromatic heterocycles. The third-order valence-electron chi connectivity index (χ3n) is 3.48. The lowest BCUT2D eigenvalue weighted by atomic mass is 10.2. The molecule has 7 heteroatoms.